The van der Waals surface area contributed by atoms with E-state index >= 15 is 0 Å². The van der Waals surface area contributed by atoms with Crippen molar-refractivity contribution >= 4 is 0 Å². The molecule has 0 saturated carbocycles. The van der Waals surface area contributed by atoms with E-state index in [1.807, 2.05) is 17.9 Å². The lowest BCUT2D eigenvalue weighted by Gasteiger charge is -2.22. The molecule has 0 unspecified atom stereocenters. The minimum atomic E-state index is 0.450. The summed E-state index contributed by atoms with van der Waals surface area (Å²) in [6, 6.07) is 2.56. The summed E-state index contributed by atoms with van der Waals surface area (Å²) in [6.07, 6.45) is 9.28. The van der Waals surface area contributed by atoms with E-state index in [0.717, 1.165) is 19.5 Å². The van der Waals surface area contributed by atoms with Crippen LogP contribution in [0.4, 0.5) is 0 Å². The Morgan fingerprint density at radius 2 is 2.19 bits per heavy atom. The van der Waals surface area contributed by atoms with E-state index in [0.29, 0.717) is 6.04 Å². The smallest absolute Gasteiger partial charge is 0.124 e. The fourth-order valence-corrected chi connectivity index (χ4v) is 3.72. The third kappa shape index (κ3) is 2.39. The Morgan fingerprint density at radius 3 is 3.00 bits per heavy atom. The molecule has 5 nitrogen and oxygen atoms in total. The third-order valence-electron chi connectivity index (χ3n) is 4.94. The molecule has 4 rings (SSSR count). The first-order valence-electron chi connectivity index (χ1n) is 8.10. The molecule has 0 radical (unpaired) electrons. The van der Waals surface area contributed by atoms with Gasteiger partial charge in [0.1, 0.15) is 5.82 Å². The number of aromatic amines is 1. The van der Waals surface area contributed by atoms with Crippen LogP contribution in [0.1, 0.15) is 54.6 Å². The van der Waals surface area contributed by atoms with Crippen molar-refractivity contribution in [1.29, 1.82) is 0 Å². The molecular weight excluding hydrogens is 262 g/mol. The van der Waals surface area contributed by atoms with Crippen molar-refractivity contribution in [3.63, 3.8) is 0 Å². The average Bonchev–Trinajstić information content (AvgIpc) is 3.19. The maximum absolute atomic E-state index is 4.92. The molecule has 1 saturated heterocycles. The standard InChI is InChI=1S/C16H23N5/c1-20-12(8-9-17-20)11-21-10-4-7-15(21)16-18-13-5-2-3-6-14(13)19-16/h8-9,15H,2-7,10-11H2,1H3,(H,18,19)/t15-/m1/s1. The van der Waals surface area contributed by atoms with Crippen LogP contribution in [0.15, 0.2) is 12.3 Å². The lowest BCUT2D eigenvalue weighted by atomic mass is 10.0. The molecule has 112 valence electrons. The Bertz CT molecular complexity index is 603. The molecule has 2 aliphatic rings. The number of fused-ring (bicyclic) bond motifs is 1. The van der Waals surface area contributed by atoms with Gasteiger partial charge in [-0.25, -0.2) is 4.98 Å². The first kappa shape index (κ1) is 13.1. The summed E-state index contributed by atoms with van der Waals surface area (Å²) in [5.41, 5.74) is 3.99. The largest absolute Gasteiger partial charge is 0.344 e. The number of hydrogen-bond donors (Lipinski definition) is 1. The molecule has 1 fully saturated rings. The van der Waals surface area contributed by atoms with Gasteiger partial charge in [0.25, 0.3) is 0 Å². The molecule has 2 aromatic rings. The van der Waals surface area contributed by atoms with Gasteiger partial charge in [-0.05, 0) is 51.1 Å². The fourth-order valence-electron chi connectivity index (χ4n) is 3.72. The van der Waals surface area contributed by atoms with Crippen LogP contribution in [-0.2, 0) is 26.4 Å². The second kappa shape index (κ2) is 5.30. The van der Waals surface area contributed by atoms with E-state index in [1.54, 1.807) is 0 Å². The van der Waals surface area contributed by atoms with Crippen LogP contribution >= 0.6 is 0 Å². The van der Waals surface area contributed by atoms with Crippen LogP contribution in [0.3, 0.4) is 0 Å². The highest BCUT2D eigenvalue weighted by molar-refractivity contribution is 5.20. The molecule has 3 heterocycles. The molecule has 1 N–H and O–H groups in total. The minimum absolute atomic E-state index is 0.450. The van der Waals surface area contributed by atoms with E-state index in [-0.39, 0.29) is 0 Å². The Kier molecular flexibility index (Phi) is 3.30. The highest BCUT2D eigenvalue weighted by atomic mass is 15.3. The summed E-state index contributed by atoms with van der Waals surface area (Å²) in [4.78, 5) is 11.1. The topological polar surface area (TPSA) is 49.7 Å². The fraction of sp³-hybridized carbons (Fsp3) is 0.625. The molecule has 0 bridgehead atoms. The number of hydrogen-bond acceptors (Lipinski definition) is 3. The monoisotopic (exact) mass is 285 g/mol. The number of aryl methyl sites for hydroxylation is 3. The van der Waals surface area contributed by atoms with Crippen LogP contribution < -0.4 is 0 Å². The predicted octanol–water partition coefficient (Wildman–Crippen LogP) is 2.36. The van der Waals surface area contributed by atoms with Gasteiger partial charge in [0.05, 0.1) is 17.4 Å². The van der Waals surface area contributed by atoms with Gasteiger partial charge in [0, 0.05) is 25.5 Å². The van der Waals surface area contributed by atoms with E-state index in [9.17, 15) is 0 Å². The van der Waals surface area contributed by atoms with E-state index in [1.165, 1.54) is 55.0 Å². The van der Waals surface area contributed by atoms with Crippen LogP contribution in [0.25, 0.3) is 0 Å². The SMILES string of the molecule is Cn1nccc1CN1CCC[C@@H]1c1nc2c([nH]1)CCCC2. The second-order valence-corrected chi connectivity index (χ2v) is 6.33. The third-order valence-corrected chi connectivity index (χ3v) is 4.94. The summed E-state index contributed by atoms with van der Waals surface area (Å²) >= 11 is 0. The normalized spacial score (nSPS) is 22.6. The van der Waals surface area contributed by atoms with Crippen molar-refractivity contribution in [2.75, 3.05) is 6.54 Å². The van der Waals surface area contributed by atoms with E-state index in [2.05, 4.69) is 21.0 Å². The number of nitrogens with zero attached hydrogens (tertiary/aromatic N) is 4. The summed E-state index contributed by atoms with van der Waals surface area (Å²) < 4.78 is 1.97. The molecular formula is C16H23N5. The Hall–Kier alpha value is -1.62. The summed E-state index contributed by atoms with van der Waals surface area (Å²) in [7, 11) is 2.02. The second-order valence-electron chi connectivity index (χ2n) is 6.33. The quantitative estimate of drug-likeness (QED) is 0.942. The maximum Gasteiger partial charge on any atom is 0.124 e. The van der Waals surface area contributed by atoms with Gasteiger partial charge in [-0.3, -0.25) is 9.58 Å². The summed E-state index contributed by atoms with van der Waals surface area (Å²) in [5.74, 6) is 1.20. The summed E-state index contributed by atoms with van der Waals surface area (Å²) in [6.45, 7) is 2.12. The number of nitrogens with one attached hydrogen (secondary N) is 1. The molecule has 5 heteroatoms. The zero-order chi connectivity index (χ0) is 14.2. The van der Waals surface area contributed by atoms with Gasteiger partial charge >= 0.3 is 0 Å². The zero-order valence-corrected chi connectivity index (χ0v) is 12.7. The molecule has 1 aliphatic heterocycles. The molecule has 0 aromatic carbocycles. The highest BCUT2D eigenvalue weighted by Crippen LogP contribution is 2.33. The first-order valence-corrected chi connectivity index (χ1v) is 8.10. The van der Waals surface area contributed by atoms with Gasteiger partial charge in [0.2, 0.25) is 0 Å². The Balaban J connectivity index is 1.56. The molecule has 0 amide bonds. The molecule has 1 atom stereocenters. The number of aromatic nitrogens is 4. The molecule has 2 aromatic heterocycles. The lowest BCUT2D eigenvalue weighted by molar-refractivity contribution is 0.234. The van der Waals surface area contributed by atoms with Crippen LogP contribution in [0.5, 0.6) is 0 Å². The lowest BCUT2D eigenvalue weighted by Crippen LogP contribution is -2.24. The average molecular weight is 285 g/mol. The van der Waals surface area contributed by atoms with Crippen molar-refractivity contribution in [1.82, 2.24) is 24.6 Å². The van der Waals surface area contributed by atoms with Gasteiger partial charge in [-0.1, -0.05) is 0 Å². The van der Waals surface area contributed by atoms with Crippen LogP contribution in [-0.4, -0.2) is 31.2 Å². The number of H-pyrrole nitrogens is 1. The van der Waals surface area contributed by atoms with Gasteiger partial charge in [0.15, 0.2) is 0 Å². The number of likely N-dealkylation sites (tertiary alicyclic amines) is 1. The van der Waals surface area contributed by atoms with Crippen molar-refractivity contribution in [2.24, 2.45) is 7.05 Å². The number of imidazole rings is 1. The summed E-state index contributed by atoms with van der Waals surface area (Å²) in [5, 5.41) is 4.28. The number of rotatable bonds is 3. The van der Waals surface area contributed by atoms with Gasteiger partial charge in [-0.15, -0.1) is 0 Å². The first-order chi connectivity index (χ1) is 10.3. The minimum Gasteiger partial charge on any atom is -0.344 e. The Morgan fingerprint density at radius 1 is 1.29 bits per heavy atom. The molecule has 0 spiro atoms. The van der Waals surface area contributed by atoms with E-state index in [4.69, 9.17) is 4.98 Å². The van der Waals surface area contributed by atoms with Crippen LogP contribution in [0, 0.1) is 0 Å². The van der Waals surface area contributed by atoms with Crippen molar-refractivity contribution in [3.05, 3.63) is 35.2 Å². The van der Waals surface area contributed by atoms with Crippen molar-refractivity contribution in [3.8, 4) is 0 Å². The highest BCUT2D eigenvalue weighted by Gasteiger charge is 2.30. The van der Waals surface area contributed by atoms with Crippen LogP contribution in [0.2, 0.25) is 0 Å². The van der Waals surface area contributed by atoms with Gasteiger partial charge < -0.3 is 4.98 Å². The zero-order valence-electron chi connectivity index (χ0n) is 12.7. The van der Waals surface area contributed by atoms with E-state index < -0.39 is 0 Å². The predicted molar refractivity (Wildman–Crippen MR) is 80.8 cm³/mol. The molecule has 21 heavy (non-hydrogen) atoms. The molecule has 1 aliphatic carbocycles. The Labute approximate surface area is 125 Å². The van der Waals surface area contributed by atoms with Crippen molar-refractivity contribution in [2.45, 2.75) is 51.1 Å². The van der Waals surface area contributed by atoms with Crippen molar-refractivity contribution < 1.29 is 0 Å². The van der Waals surface area contributed by atoms with Gasteiger partial charge in [-0.2, -0.15) is 5.10 Å². The maximum atomic E-state index is 4.92.